The van der Waals surface area contributed by atoms with Gasteiger partial charge in [0, 0.05) is 0 Å². The van der Waals surface area contributed by atoms with Gasteiger partial charge in [-0.2, -0.15) is 0 Å². The number of hydrogen-bond acceptors (Lipinski definition) is 2. The molecule has 104 valence electrons. The zero-order chi connectivity index (χ0) is 13.7. The summed E-state index contributed by atoms with van der Waals surface area (Å²) in [6, 6.07) is 8.77. The van der Waals surface area contributed by atoms with Crippen LogP contribution in [0.25, 0.3) is 0 Å². The van der Waals surface area contributed by atoms with Crippen LogP contribution in [0, 0.1) is 0 Å². The molecular formula is C17H25NO. The van der Waals surface area contributed by atoms with Crippen LogP contribution in [0.4, 0.5) is 0 Å². The fraction of sp³-hybridized carbons (Fsp3) is 0.588. The lowest BCUT2D eigenvalue weighted by Crippen LogP contribution is -2.15. The molecule has 0 aromatic heterocycles. The van der Waals surface area contributed by atoms with Gasteiger partial charge in [-0.05, 0) is 50.7 Å². The van der Waals surface area contributed by atoms with Gasteiger partial charge in [-0.1, -0.05) is 48.7 Å². The number of hydrogen-bond donors (Lipinski definition) is 0. The van der Waals surface area contributed by atoms with Gasteiger partial charge in [-0.25, -0.2) is 0 Å². The van der Waals surface area contributed by atoms with E-state index in [-0.39, 0.29) is 5.60 Å². The van der Waals surface area contributed by atoms with Crippen molar-refractivity contribution in [3.8, 4) is 0 Å². The van der Waals surface area contributed by atoms with Crippen LogP contribution in [0.3, 0.4) is 0 Å². The van der Waals surface area contributed by atoms with Crippen molar-refractivity contribution in [1.29, 1.82) is 0 Å². The highest BCUT2D eigenvalue weighted by Crippen LogP contribution is 2.32. The second-order valence-corrected chi connectivity index (χ2v) is 6.44. The van der Waals surface area contributed by atoms with E-state index in [1.54, 1.807) is 6.21 Å². The van der Waals surface area contributed by atoms with Crippen LogP contribution >= 0.6 is 0 Å². The van der Waals surface area contributed by atoms with E-state index in [2.05, 4.69) is 29.4 Å². The average molecular weight is 259 g/mol. The van der Waals surface area contributed by atoms with Gasteiger partial charge < -0.3 is 4.84 Å². The van der Waals surface area contributed by atoms with E-state index < -0.39 is 0 Å². The van der Waals surface area contributed by atoms with Gasteiger partial charge >= 0.3 is 0 Å². The predicted octanol–water partition coefficient (Wildman–Crippen LogP) is 4.88. The molecule has 1 aromatic carbocycles. The highest BCUT2D eigenvalue weighted by Gasteiger charge is 2.15. The van der Waals surface area contributed by atoms with E-state index in [0.717, 1.165) is 11.5 Å². The molecule has 0 heterocycles. The minimum Gasteiger partial charge on any atom is -0.390 e. The molecule has 1 aromatic rings. The first kappa shape index (κ1) is 14.1. The van der Waals surface area contributed by atoms with Crippen molar-refractivity contribution in [2.75, 3.05) is 0 Å². The molecule has 1 saturated carbocycles. The van der Waals surface area contributed by atoms with Gasteiger partial charge in [0.2, 0.25) is 0 Å². The van der Waals surface area contributed by atoms with Crippen LogP contribution in [-0.4, -0.2) is 11.8 Å². The Morgan fingerprint density at radius 1 is 1.05 bits per heavy atom. The summed E-state index contributed by atoms with van der Waals surface area (Å²) < 4.78 is 0. The third kappa shape index (κ3) is 4.70. The van der Waals surface area contributed by atoms with Gasteiger partial charge in [-0.3, -0.25) is 0 Å². The van der Waals surface area contributed by atoms with Crippen molar-refractivity contribution >= 4 is 6.21 Å². The Balaban J connectivity index is 1.94. The van der Waals surface area contributed by atoms with Crippen molar-refractivity contribution in [1.82, 2.24) is 0 Å². The fourth-order valence-corrected chi connectivity index (χ4v) is 2.54. The van der Waals surface area contributed by atoms with E-state index in [1.807, 2.05) is 20.8 Å². The van der Waals surface area contributed by atoms with E-state index >= 15 is 0 Å². The normalized spacial score (nSPS) is 17.8. The Labute approximate surface area is 116 Å². The van der Waals surface area contributed by atoms with Crippen LogP contribution in [0.5, 0.6) is 0 Å². The molecule has 2 rings (SSSR count). The van der Waals surface area contributed by atoms with Gasteiger partial charge in [0.1, 0.15) is 5.60 Å². The van der Waals surface area contributed by atoms with E-state index in [9.17, 15) is 0 Å². The molecule has 1 fully saturated rings. The molecule has 0 aliphatic heterocycles. The average Bonchev–Trinajstić information content (AvgIpc) is 2.39. The van der Waals surface area contributed by atoms with Crippen molar-refractivity contribution in [3.63, 3.8) is 0 Å². The Morgan fingerprint density at radius 3 is 2.26 bits per heavy atom. The van der Waals surface area contributed by atoms with E-state index in [4.69, 9.17) is 4.84 Å². The molecule has 0 bridgehead atoms. The molecule has 2 nitrogen and oxygen atoms in total. The lowest BCUT2D eigenvalue weighted by Gasteiger charge is -2.21. The Morgan fingerprint density at radius 2 is 1.68 bits per heavy atom. The van der Waals surface area contributed by atoms with Crippen molar-refractivity contribution < 1.29 is 4.84 Å². The summed E-state index contributed by atoms with van der Waals surface area (Å²) in [5, 5.41) is 4.03. The molecule has 1 aliphatic carbocycles. The van der Waals surface area contributed by atoms with Gasteiger partial charge in [0.05, 0.1) is 6.21 Å². The van der Waals surface area contributed by atoms with Crippen LogP contribution < -0.4 is 0 Å². The number of oxime groups is 1. The third-order valence-corrected chi connectivity index (χ3v) is 3.54. The summed E-state index contributed by atoms with van der Waals surface area (Å²) in [6.07, 6.45) is 8.66. The van der Waals surface area contributed by atoms with Gasteiger partial charge in [0.25, 0.3) is 0 Å². The van der Waals surface area contributed by atoms with Gasteiger partial charge in [-0.15, -0.1) is 0 Å². The highest BCUT2D eigenvalue weighted by molar-refractivity contribution is 5.79. The third-order valence-electron chi connectivity index (χ3n) is 3.54. The van der Waals surface area contributed by atoms with Gasteiger partial charge in [0.15, 0.2) is 0 Å². The number of benzene rings is 1. The minimum absolute atomic E-state index is 0.224. The topological polar surface area (TPSA) is 21.6 Å². The molecule has 0 spiro atoms. The maximum atomic E-state index is 5.35. The Bertz CT molecular complexity index is 408. The minimum atomic E-state index is -0.224. The summed E-state index contributed by atoms with van der Waals surface area (Å²) in [5.41, 5.74) is 2.36. The highest BCUT2D eigenvalue weighted by atomic mass is 16.6. The number of nitrogens with zero attached hydrogens (tertiary/aromatic N) is 1. The molecule has 0 saturated heterocycles. The molecule has 0 unspecified atom stereocenters. The summed E-state index contributed by atoms with van der Waals surface area (Å²) in [7, 11) is 0. The van der Waals surface area contributed by atoms with Crippen molar-refractivity contribution in [2.45, 2.75) is 64.4 Å². The van der Waals surface area contributed by atoms with Crippen molar-refractivity contribution in [3.05, 3.63) is 35.4 Å². The zero-order valence-corrected chi connectivity index (χ0v) is 12.4. The van der Waals surface area contributed by atoms with E-state index in [1.165, 1.54) is 37.7 Å². The number of rotatable bonds is 3. The standard InChI is InChI=1S/C17H25NO/c1-17(2,3)19-18-13-14-9-11-16(12-10-14)15-7-5-4-6-8-15/h9-13,15H,4-8H2,1-3H3. The molecule has 1 aliphatic rings. The first-order chi connectivity index (χ1) is 9.04. The molecule has 19 heavy (non-hydrogen) atoms. The predicted molar refractivity (Wildman–Crippen MR) is 80.7 cm³/mol. The zero-order valence-electron chi connectivity index (χ0n) is 12.4. The van der Waals surface area contributed by atoms with Crippen LogP contribution in [0.1, 0.15) is 69.9 Å². The second-order valence-electron chi connectivity index (χ2n) is 6.44. The first-order valence-corrected chi connectivity index (χ1v) is 7.36. The Hall–Kier alpha value is -1.31. The lowest BCUT2D eigenvalue weighted by molar-refractivity contribution is 0.00199. The monoisotopic (exact) mass is 259 g/mol. The molecular weight excluding hydrogens is 234 g/mol. The SMILES string of the molecule is CC(C)(C)ON=Cc1ccc(C2CCCCC2)cc1. The lowest BCUT2D eigenvalue weighted by atomic mass is 9.84. The van der Waals surface area contributed by atoms with Crippen LogP contribution in [-0.2, 0) is 4.84 Å². The second kappa shape index (κ2) is 6.23. The molecule has 0 N–H and O–H groups in total. The molecule has 0 radical (unpaired) electrons. The first-order valence-electron chi connectivity index (χ1n) is 7.36. The Kier molecular flexibility index (Phi) is 4.62. The fourth-order valence-electron chi connectivity index (χ4n) is 2.54. The molecule has 2 heteroatoms. The summed E-state index contributed by atoms with van der Waals surface area (Å²) >= 11 is 0. The quantitative estimate of drug-likeness (QED) is 0.560. The van der Waals surface area contributed by atoms with Crippen molar-refractivity contribution in [2.24, 2.45) is 5.16 Å². The summed E-state index contributed by atoms with van der Waals surface area (Å²) in [6.45, 7) is 5.99. The molecule has 0 atom stereocenters. The maximum absolute atomic E-state index is 5.35. The van der Waals surface area contributed by atoms with Crippen LogP contribution in [0.15, 0.2) is 29.4 Å². The largest absolute Gasteiger partial charge is 0.390 e. The van der Waals surface area contributed by atoms with Crippen LogP contribution in [0.2, 0.25) is 0 Å². The van der Waals surface area contributed by atoms with E-state index in [0.29, 0.717) is 0 Å². The summed E-state index contributed by atoms with van der Waals surface area (Å²) in [5.74, 6) is 0.769. The maximum Gasteiger partial charge on any atom is 0.129 e. The summed E-state index contributed by atoms with van der Waals surface area (Å²) in [4.78, 5) is 5.35. The smallest absolute Gasteiger partial charge is 0.129 e. The molecule has 0 amide bonds.